The zero-order valence-electron chi connectivity index (χ0n) is 24.4. The van der Waals surface area contributed by atoms with Gasteiger partial charge in [-0.3, -0.25) is 0 Å². The number of hydrogen-bond donors (Lipinski definition) is 0. The Labute approximate surface area is 246 Å². The van der Waals surface area contributed by atoms with Crippen LogP contribution in [0.5, 0.6) is 5.75 Å². The van der Waals surface area contributed by atoms with Crippen molar-refractivity contribution in [3.8, 4) is 16.9 Å². The molecule has 0 radical (unpaired) electrons. The van der Waals surface area contributed by atoms with Gasteiger partial charge < -0.3 is 18.0 Å². The summed E-state index contributed by atoms with van der Waals surface area (Å²) < 4.78 is 149. The van der Waals surface area contributed by atoms with Gasteiger partial charge in [0.2, 0.25) is 17.5 Å². The molecule has 43 heavy (non-hydrogen) atoms. The lowest BCUT2D eigenvalue weighted by Crippen LogP contribution is -2.45. The maximum Gasteiger partial charge on any atom is 0.500 e. The lowest BCUT2D eigenvalue weighted by atomic mass is 10.0. The molecule has 14 heteroatoms. The molecule has 0 atom stereocenters. The Hall–Kier alpha value is -2.29. The van der Waals surface area contributed by atoms with Crippen LogP contribution in [0, 0.1) is 52.4 Å². The van der Waals surface area contributed by atoms with Crippen molar-refractivity contribution in [1.29, 1.82) is 0 Å². The Kier molecular flexibility index (Phi) is 15.3. The third kappa shape index (κ3) is 9.35. The molecule has 2 aromatic carbocycles. The molecule has 0 spiro atoms. The van der Waals surface area contributed by atoms with Crippen molar-refractivity contribution >= 4 is 8.80 Å². The van der Waals surface area contributed by atoms with E-state index in [1.54, 1.807) is 0 Å². The molecule has 2 aromatic rings. The van der Waals surface area contributed by atoms with Crippen LogP contribution >= 0.6 is 0 Å². The van der Waals surface area contributed by atoms with Crippen LogP contribution in [0.15, 0.2) is 0 Å². The van der Waals surface area contributed by atoms with Gasteiger partial charge in [0.15, 0.2) is 40.7 Å². The highest BCUT2D eigenvalue weighted by Gasteiger charge is 2.39. The molecule has 2 rings (SSSR count). The second-order valence-corrected chi connectivity index (χ2v) is 12.4. The molecule has 0 aliphatic rings. The van der Waals surface area contributed by atoms with Gasteiger partial charge in [-0.05, 0) is 33.6 Å². The Morgan fingerprint density at radius 3 is 1.14 bits per heavy atom. The van der Waals surface area contributed by atoms with Gasteiger partial charge in [-0.15, -0.1) is 0 Å². The van der Waals surface area contributed by atoms with Crippen LogP contribution in [0.3, 0.4) is 0 Å². The van der Waals surface area contributed by atoms with Crippen molar-refractivity contribution in [1.82, 2.24) is 0 Å². The van der Waals surface area contributed by atoms with Gasteiger partial charge in [0, 0.05) is 25.9 Å². The van der Waals surface area contributed by atoms with Crippen molar-refractivity contribution in [3.05, 3.63) is 52.4 Å². The van der Waals surface area contributed by atoms with E-state index >= 15 is 0 Å². The molecule has 0 aliphatic carbocycles. The van der Waals surface area contributed by atoms with Gasteiger partial charge in [-0.2, -0.15) is 8.78 Å². The number of hydrogen-bond acceptors (Lipinski definition) is 4. The first-order chi connectivity index (χ1) is 20.5. The molecule has 0 aromatic heterocycles. The smallest absolute Gasteiger partial charge is 0.487 e. The van der Waals surface area contributed by atoms with E-state index in [0.29, 0.717) is 26.2 Å². The quantitative estimate of drug-likeness (QED) is 0.0471. The Morgan fingerprint density at radius 1 is 0.419 bits per heavy atom. The highest BCUT2D eigenvalue weighted by molar-refractivity contribution is 6.60. The number of ether oxygens (including phenoxy) is 1. The molecule has 0 N–H and O–H groups in total. The zero-order valence-corrected chi connectivity index (χ0v) is 25.4. The fourth-order valence-corrected chi connectivity index (χ4v) is 7.32. The van der Waals surface area contributed by atoms with Gasteiger partial charge in [0.05, 0.1) is 17.7 Å². The summed E-state index contributed by atoms with van der Waals surface area (Å²) in [5, 5.41) is 0. The van der Waals surface area contributed by atoms with E-state index in [9.17, 15) is 39.5 Å². The first-order valence-corrected chi connectivity index (χ1v) is 16.3. The van der Waals surface area contributed by atoms with Crippen LogP contribution in [0.25, 0.3) is 11.1 Å². The largest absolute Gasteiger partial charge is 0.500 e. The standard InChI is InChI=1S/C29H37F9O4Si/c1-4-40-43(41-5-2,42-6-3)17-15-13-11-9-7-8-10-12-14-16-39-29-27(37)22(32)19(23(33)28(29)38)18-20(30)24(34)26(36)25(35)21(18)31/h4-17H2,1-3H3. The topological polar surface area (TPSA) is 36.9 Å². The van der Waals surface area contributed by atoms with Crippen LogP contribution in [-0.2, 0) is 13.3 Å². The van der Waals surface area contributed by atoms with Crippen LogP contribution in [0.2, 0.25) is 6.04 Å². The van der Waals surface area contributed by atoms with E-state index in [1.807, 2.05) is 20.8 Å². The van der Waals surface area contributed by atoms with Crippen molar-refractivity contribution in [3.63, 3.8) is 0 Å². The fraction of sp³-hybridized carbons (Fsp3) is 0.586. The first-order valence-electron chi connectivity index (χ1n) is 14.4. The van der Waals surface area contributed by atoms with Crippen LogP contribution < -0.4 is 4.74 Å². The van der Waals surface area contributed by atoms with E-state index in [0.717, 1.165) is 51.0 Å². The third-order valence-corrected chi connectivity index (χ3v) is 9.80. The van der Waals surface area contributed by atoms with Crippen molar-refractivity contribution in [2.75, 3.05) is 26.4 Å². The normalized spacial score (nSPS) is 11.9. The lowest BCUT2D eigenvalue weighted by molar-refractivity contribution is 0.0706. The second-order valence-electron chi connectivity index (χ2n) is 9.67. The molecular formula is C29H37F9O4Si. The predicted octanol–water partition coefficient (Wildman–Crippen LogP) is 9.54. The van der Waals surface area contributed by atoms with Gasteiger partial charge in [-0.25, -0.2) is 30.7 Å². The molecule has 0 bridgehead atoms. The number of rotatable bonds is 20. The summed E-state index contributed by atoms with van der Waals surface area (Å²) in [6, 6.07) is 0.761. The Balaban J connectivity index is 1.80. The van der Waals surface area contributed by atoms with Gasteiger partial charge in [-0.1, -0.05) is 44.9 Å². The maximum atomic E-state index is 14.6. The number of unbranched alkanes of at least 4 members (excludes halogenated alkanes) is 8. The summed E-state index contributed by atoms with van der Waals surface area (Å²) in [5.41, 5.74) is -4.21. The Bertz CT molecular complexity index is 1120. The highest BCUT2D eigenvalue weighted by atomic mass is 28.4. The van der Waals surface area contributed by atoms with Gasteiger partial charge in [0.1, 0.15) is 0 Å². The van der Waals surface area contributed by atoms with Gasteiger partial charge >= 0.3 is 8.80 Å². The molecule has 0 unspecified atom stereocenters. The van der Waals surface area contributed by atoms with Crippen molar-refractivity contribution in [2.45, 2.75) is 84.6 Å². The minimum Gasteiger partial charge on any atom is -0.487 e. The summed E-state index contributed by atoms with van der Waals surface area (Å²) in [7, 11) is -2.63. The first kappa shape index (κ1) is 36.9. The van der Waals surface area contributed by atoms with E-state index in [-0.39, 0.29) is 13.0 Å². The summed E-state index contributed by atoms with van der Waals surface area (Å²) in [6.45, 7) is 7.01. The maximum absolute atomic E-state index is 14.6. The minimum atomic E-state index is -2.63. The number of halogens is 9. The number of benzene rings is 2. The average molecular weight is 649 g/mol. The van der Waals surface area contributed by atoms with Crippen molar-refractivity contribution in [2.24, 2.45) is 0 Å². The summed E-state index contributed by atoms with van der Waals surface area (Å²) in [5.74, 6) is -23.5. The van der Waals surface area contributed by atoms with Gasteiger partial charge in [0.25, 0.3) is 0 Å². The zero-order chi connectivity index (χ0) is 32.2. The average Bonchev–Trinajstić information content (AvgIpc) is 2.98. The highest BCUT2D eigenvalue weighted by Crippen LogP contribution is 2.40. The van der Waals surface area contributed by atoms with Crippen molar-refractivity contribution < 1.29 is 57.5 Å². The van der Waals surface area contributed by atoms with E-state index in [4.69, 9.17) is 18.0 Å². The lowest BCUT2D eigenvalue weighted by Gasteiger charge is -2.28. The molecule has 0 saturated carbocycles. The molecule has 0 saturated heterocycles. The van der Waals surface area contributed by atoms with E-state index in [2.05, 4.69) is 0 Å². The molecule has 244 valence electrons. The molecule has 0 amide bonds. The summed E-state index contributed by atoms with van der Waals surface area (Å²) in [6.07, 6.45) is 7.45. The molecule has 0 heterocycles. The predicted molar refractivity (Wildman–Crippen MR) is 144 cm³/mol. The molecular weight excluding hydrogens is 611 g/mol. The van der Waals surface area contributed by atoms with E-state index in [1.165, 1.54) is 0 Å². The molecule has 0 fully saturated rings. The van der Waals surface area contributed by atoms with Crippen LogP contribution in [-0.4, -0.2) is 35.2 Å². The van der Waals surface area contributed by atoms with E-state index < -0.39 is 78.0 Å². The summed E-state index contributed by atoms with van der Waals surface area (Å²) >= 11 is 0. The SMILES string of the molecule is CCO[Si](CCCCCCCCCCCOc1c(F)c(F)c(-c2c(F)c(F)c(F)c(F)c2F)c(F)c1F)(OCC)OCC. The minimum absolute atomic E-state index is 0.278. The fourth-order valence-electron chi connectivity index (χ4n) is 4.64. The monoisotopic (exact) mass is 648 g/mol. The Morgan fingerprint density at radius 2 is 0.744 bits per heavy atom. The summed E-state index contributed by atoms with van der Waals surface area (Å²) in [4.78, 5) is 0. The van der Waals surface area contributed by atoms with Crippen LogP contribution in [0.1, 0.15) is 78.6 Å². The second kappa shape index (κ2) is 17.9. The molecule has 4 nitrogen and oxygen atoms in total. The molecule has 0 aliphatic heterocycles. The third-order valence-electron chi connectivity index (χ3n) is 6.65. The van der Waals surface area contributed by atoms with Crippen LogP contribution in [0.4, 0.5) is 39.5 Å².